The van der Waals surface area contributed by atoms with Gasteiger partial charge in [0, 0.05) is 0 Å². The molecule has 11 heteroatoms. The van der Waals surface area contributed by atoms with Gasteiger partial charge in [-0.05, 0) is 0 Å². The van der Waals surface area contributed by atoms with E-state index in [2.05, 4.69) is 0 Å². The first-order chi connectivity index (χ1) is 6.65. The molecule has 0 nitrogen and oxygen atoms in total. The lowest BCUT2D eigenvalue weighted by Gasteiger charge is -2.30. The van der Waals surface area contributed by atoms with Crippen molar-refractivity contribution in [1.82, 2.24) is 0 Å². The van der Waals surface area contributed by atoms with Crippen LogP contribution in [-0.4, -0.2) is 30.4 Å². The van der Waals surface area contributed by atoms with E-state index in [1.807, 2.05) is 0 Å². The quantitative estimate of drug-likeness (QED) is 0.671. The van der Waals surface area contributed by atoms with Crippen LogP contribution in [0.15, 0.2) is 0 Å². The zero-order valence-electron chi connectivity index (χ0n) is 6.73. The number of hydrogen-bond donors (Lipinski definition) is 0. The van der Waals surface area contributed by atoms with Crippen LogP contribution in [0.5, 0.6) is 0 Å². The second kappa shape index (κ2) is 3.62. The minimum absolute atomic E-state index is 5.61. The zero-order valence-corrected chi connectivity index (χ0v) is 6.73. The summed E-state index contributed by atoms with van der Waals surface area (Å²) in [5.74, 6) is -14.0. The maximum absolute atomic E-state index is 12.0. The lowest BCUT2D eigenvalue weighted by Crippen LogP contribution is -2.60. The van der Waals surface area contributed by atoms with Gasteiger partial charge in [0.1, 0.15) is 0 Å². The Morgan fingerprint density at radius 3 is 1.12 bits per heavy atom. The molecule has 0 aliphatic heterocycles. The first-order valence-corrected chi connectivity index (χ1v) is 3.19. The van der Waals surface area contributed by atoms with Crippen molar-refractivity contribution in [3.8, 4) is 0 Å². The summed E-state index contributed by atoms with van der Waals surface area (Å²) in [6, 6.07) is 0. The van der Waals surface area contributed by atoms with Crippen LogP contribution in [0.4, 0.5) is 48.3 Å². The van der Waals surface area contributed by atoms with Crippen LogP contribution in [0, 0.1) is 0 Å². The molecule has 1 unspecified atom stereocenters. The molecular weight excluding hydrogens is 269 g/mol. The van der Waals surface area contributed by atoms with Crippen molar-refractivity contribution in [2.24, 2.45) is 0 Å². The molecular formula is C5HF11. The maximum Gasteiger partial charge on any atom is 0.459 e. The van der Waals surface area contributed by atoms with Crippen LogP contribution in [-0.2, 0) is 0 Å². The molecule has 16 heavy (non-hydrogen) atoms. The summed E-state index contributed by atoms with van der Waals surface area (Å²) in [5.41, 5.74) is 0. The van der Waals surface area contributed by atoms with Gasteiger partial charge in [-0.1, -0.05) is 0 Å². The molecule has 0 saturated heterocycles. The van der Waals surface area contributed by atoms with Gasteiger partial charge in [-0.2, -0.15) is 43.9 Å². The monoisotopic (exact) mass is 270 g/mol. The molecule has 0 aromatic heterocycles. The standard InChI is InChI=1S/C5HF11/c6-1(3(9,10)11)2(7,8)4(12,13)5(14,15)16/h1H. The third-order valence-corrected chi connectivity index (χ3v) is 1.38. The minimum atomic E-state index is -7.12. The highest BCUT2D eigenvalue weighted by molar-refractivity contribution is 4.98. The molecule has 0 fully saturated rings. The van der Waals surface area contributed by atoms with Gasteiger partial charge in [-0.15, -0.1) is 0 Å². The first-order valence-electron chi connectivity index (χ1n) is 3.19. The van der Waals surface area contributed by atoms with Gasteiger partial charge in [0.25, 0.3) is 6.17 Å². The first kappa shape index (κ1) is 15.2. The average molecular weight is 270 g/mol. The number of alkyl halides is 11. The molecule has 0 rings (SSSR count). The van der Waals surface area contributed by atoms with E-state index in [1.54, 1.807) is 0 Å². The van der Waals surface area contributed by atoms with E-state index < -0.39 is 30.4 Å². The summed E-state index contributed by atoms with van der Waals surface area (Å²) in [6.45, 7) is 0. The molecule has 0 radical (unpaired) electrons. The summed E-state index contributed by atoms with van der Waals surface area (Å²) in [6.07, 6.45) is -19.1. The Morgan fingerprint density at radius 2 is 0.938 bits per heavy atom. The summed E-state index contributed by atoms with van der Waals surface area (Å²) in [4.78, 5) is 0. The molecule has 0 aromatic rings. The topological polar surface area (TPSA) is 0 Å². The summed E-state index contributed by atoms with van der Waals surface area (Å²) in [7, 11) is 0. The largest absolute Gasteiger partial charge is 0.459 e. The summed E-state index contributed by atoms with van der Waals surface area (Å²) >= 11 is 0. The maximum atomic E-state index is 12.0. The highest BCUT2D eigenvalue weighted by atomic mass is 19.4. The van der Waals surface area contributed by atoms with Crippen LogP contribution in [0.1, 0.15) is 0 Å². The van der Waals surface area contributed by atoms with Crippen molar-refractivity contribution in [3.63, 3.8) is 0 Å². The van der Waals surface area contributed by atoms with Gasteiger partial charge < -0.3 is 0 Å². The highest BCUT2D eigenvalue weighted by Gasteiger charge is 2.79. The van der Waals surface area contributed by atoms with Crippen LogP contribution < -0.4 is 0 Å². The molecule has 0 N–H and O–H groups in total. The van der Waals surface area contributed by atoms with Gasteiger partial charge in [0.05, 0.1) is 0 Å². The van der Waals surface area contributed by atoms with Crippen molar-refractivity contribution in [3.05, 3.63) is 0 Å². The van der Waals surface area contributed by atoms with E-state index in [-0.39, 0.29) is 0 Å². The Bertz CT molecular complexity index is 244. The predicted molar refractivity (Wildman–Crippen MR) is 26.9 cm³/mol. The molecule has 1 atom stereocenters. The molecule has 0 heterocycles. The molecule has 0 amide bonds. The fourth-order valence-corrected chi connectivity index (χ4v) is 0.554. The van der Waals surface area contributed by atoms with Crippen molar-refractivity contribution < 1.29 is 48.3 Å². The SMILES string of the molecule is FC(C(F)(F)F)C(F)(F)C(F)(F)C(F)(F)F. The third-order valence-electron chi connectivity index (χ3n) is 1.38. The molecule has 0 spiro atoms. The second-order valence-electron chi connectivity index (χ2n) is 2.60. The van der Waals surface area contributed by atoms with Gasteiger partial charge in [0.15, 0.2) is 0 Å². The van der Waals surface area contributed by atoms with Gasteiger partial charge >= 0.3 is 24.2 Å². The van der Waals surface area contributed by atoms with Crippen LogP contribution in [0.2, 0.25) is 0 Å². The average Bonchev–Trinajstić information content (AvgIpc) is 1.98. The minimum Gasteiger partial charge on any atom is -0.230 e. The van der Waals surface area contributed by atoms with Gasteiger partial charge in [-0.25, -0.2) is 4.39 Å². The number of rotatable bonds is 2. The predicted octanol–water partition coefficient (Wildman–Crippen LogP) is 3.72. The number of hydrogen-bond acceptors (Lipinski definition) is 0. The van der Waals surface area contributed by atoms with E-state index in [9.17, 15) is 48.3 Å². The van der Waals surface area contributed by atoms with E-state index in [4.69, 9.17) is 0 Å². The van der Waals surface area contributed by atoms with Crippen molar-refractivity contribution in [2.45, 2.75) is 30.4 Å². The van der Waals surface area contributed by atoms with E-state index in [1.165, 1.54) is 0 Å². The fraction of sp³-hybridized carbons (Fsp3) is 1.00. The van der Waals surface area contributed by atoms with Crippen LogP contribution in [0.25, 0.3) is 0 Å². The molecule has 0 aliphatic rings. The fourth-order valence-electron chi connectivity index (χ4n) is 0.554. The zero-order chi connectivity index (χ0) is 13.6. The van der Waals surface area contributed by atoms with Gasteiger partial charge in [-0.3, -0.25) is 0 Å². The van der Waals surface area contributed by atoms with Crippen LogP contribution in [0.3, 0.4) is 0 Å². The smallest absolute Gasteiger partial charge is 0.230 e. The normalized spacial score (nSPS) is 17.4. The van der Waals surface area contributed by atoms with Gasteiger partial charge in [0.2, 0.25) is 0 Å². The highest BCUT2D eigenvalue weighted by Crippen LogP contribution is 2.51. The Labute approximate surface area is 80.0 Å². The molecule has 0 aromatic carbocycles. The Kier molecular flexibility index (Phi) is 3.45. The molecule has 0 bridgehead atoms. The van der Waals surface area contributed by atoms with Crippen molar-refractivity contribution in [1.29, 1.82) is 0 Å². The Morgan fingerprint density at radius 1 is 0.625 bits per heavy atom. The number of halogens is 11. The third kappa shape index (κ3) is 2.32. The molecule has 0 aliphatic carbocycles. The summed E-state index contributed by atoms with van der Waals surface area (Å²) < 4.78 is 128. The van der Waals surface area contributed by atoms with Crippen LogP contribution >= 0.6 is 0 Å². The van der Waals surface area contributed by atoms with Crippen molar-refractivity contribution >= 4 is 0 Å². The van der Waals surface area contributed by atoms with E-state index in [0.29, 0.717) is 0 Å². The molecule has 0 saturated carbocycles. The van der Waals surface area contributed by atoms with Crippen molar-refractivity contribution in [2.75, 3.05) is 0 Å². The lowest BCUT2D eigenvalue weighted by atomic mass is 10.1. The Hall–Kier alpha value is -0.770. The second-order valence-corrected chi connectivity index (χ2v) is 2.60. The summed E-state index contributed by atoms with van der Waals surface area (Å²) in [5, 5.41) is 0. The van der Waals surface area contributed by atoms with E-state index >= 15 is 0 Å². The lowest BCUT2D eigenvalue weighted by molar-refractivity contribution is -0.385. The Balaban J connectivity index is 5.37. The molecule has 98 valence electrons. The van der Waals surface area contributed by atoms with E-state index in [0.717, 1.165) is 0 Å².